The van der Waals surface area contributed by atoms with E-state index in [0.717, 1.165) is 25.7 Å². The van der Waals surface area contributed by atoms with Gasteiger partial charge in [-0.15, -0.1) is 0 Å². The third kappa shape index (κ3) is 3.50. The topological polar surface area (TPSA) is 49.7 Å². The van der Waals surface area contributed by atoms with Crippen LogP contribution in [0.3, 0.4) is 0 Å². The Labute approximate surface area is 167 Å². The Balaban J connectivity index is 1.73. The molecular formula is C25H28O3. The van der Waals surface area contributed by atoms with Gasteiger partial charge in [0.1, 0.15) is 17.5 Å². The zero-order valence-corrected chi connectivity index (χ0v) is 16.4. The van der Waals surface area contributed by atoms with Crippen molar-refractivity contribution in [2.45, 2.75) is 56.5 Å². The van der Waals surface area contributed by atoms with Crippen LogP contribution in [0.25, 0.3) is 0 Å². The molecule has 1 saturated carbocycles. The molecule has 0 unspecified atom stereocenters. The number of benzene rings is 2. The van der Waals surface area contributed by atoms with Gasteiger partial charge in [0, 0.05) is 5.41 Å². The van der Waals surface area contributed by atoms with Crippen molar-refractivity contribution in [3.63, 3.8) is 0 Å². The molecule has 2 aromatic carbocycles. The van der Waals surface area contributed by atoms with Gasteiger partial charge >= 0.3 is 0 Å². The Hall–Kier alpha value is -2.44. The molecule has 146 valence electrons. The summed E-state index contributed by atoms with van der Waals surface area (Å²) in [5.41, 5.74) is 2.90. The van der Waals surface area contributed by atoms with Gasteiger partial charge in [-0.1, -0.05) is 36.4 Å². The fraction of sp³-hybridized carbons (Fsp3) is 0.440. The standard InChI is InChI=1S/C25H28O3/c1-2-28-15-14-24(27)12-13-25(17-19-6-4-3-5-7-19)21(18-24)9-8-20-16-22(26)10-11-23(20)25/h3-7,10-11,16,21,26-27H,2,8-9,12-13,17-18H2,1H3/t21-,24+,25+/m1/s1. The Morgan fingerprint density at radius 2 is 1.96 bits per heavy atom. The third-order valence-electron chi connectivity index (χ3n) is 6.60. The minimum absolute atomic E-state index is 0.0256. The molecule has 1 fully saturated rings. The molecule has 2 aliphatic rings. The summed E-state index contributed by atoms with van der Waals surface area (Å²) in [4.78, 5) is 0. The molecule has 0 bridgehead atoms. The summed E-state index contributed by atoms with van der Waals surface area (Å²) in [6, 6.07) is 16.5. The van der Waals surface area contributed by atoms with E-state index in [4.69, 9.17) is 4.74 Å². The Morgan fingerprint density at radius 1 is 1.14 bits per heavy atom. The fourth-order valence-corrected chi connectivity index (χ4v) is 5.28. The van der Waals surface area contributed by atoms with E-state index in [2.05, 4.69) is 48.4 Å². The second-order valence-electron chi connectivity index (χ2n) is 8.29. The number of aryl methyl sites for hydroxylation is 1. The van der Waals surface area contributed by atoms with E-state index in [0.29, 0.717) is 31.1 Å². The lowest BCUT2D eigenvalue weighted by molar-refractivity contribution is -0.00864. The first-order valence-corrected chi connectivity index (χ1v) is 10.3. The van der Waals surface area contributed by atoms with Crippen molar-refractivity contribution >= 4 is 0 Å². The molecular weight excluding hydrogens is 348 g/mol. The average Bonchev–Trinajstić information content (AvgIpc) is 2.69. The summed E-state index contributed by atoms with van der Waals surface area (Å²) in [6.07, 6.45) is 7.76. The lowest BCUT2D eigenvalue weighted by atomic mass is 9.52. The predicted molar refractivity (Wildman–Crippen MR) is 110 cm³/mol. The molecule has 2 aliphatic carbocycles. The van der Waals surface area contributed by atoms with Crippen molar-refractivity contribution in [2.75, 3.05) is 6.61 Å². The van der Waals surface area contributed by atoms with Gasteiger partial charge in [0.2, 0.25) is 0 Å². The smallest absolute Gasteiger partial charge is 0.129 e. The van der Waals surface area contributed by atoms with E-state index in [1.54, 1.807) is 0 Å². The van der Waals surface area contributed by atoms with Crippen molar-refractivity contribution in [3.05, 3.63) is 65.2 Å². The van der Waals surface area contributed by atoms with E-state index in [9.17, 15) is 10.2 Å². The number of phenols is 1. The van der Waals surface area contributed by atoms with Gasteiger partial charge in [0.15, 0.2) is 0 Å². The summed E-state index contributed by atoms with van der Waals surface area (Å²) < 4.78 is 5.18. The summed E-state index contributed by atoms with van der Waals surface area (Å²) in [6.45, 7) is 2.43. The Bertz CT molecular complexity index is 895. The van der Waals surface area contributed by atoms with E-state index in [-0.39, 0.29) is 5.41 Å². The summed E-state index contributed by atoms with van der Waals surface area (Å²) in [7, 11) is 0. The maximum absolute atomic E-state index is 11.1. The zero-order valence-electron chi connectivity index (χ0n) is 16.4. The van der Waals surface area contributed by atoms with Gasteiger partial charge in [-0.25, -0.2) is 0 Å². The number of ether oxygens (including phenoxy) is 1. The highest BCUT2D eigenvalue weighted by Crippen LogP contribution is 2.54. The van der Waals surface area contributed by atoms with Crippen molar-refractivity contribution in [2.24, 2.45) is 5.92 Å². The molecule has 3 heteroatoms. The highest BCUT2D eigenvalue weighted by atomic mass is 16.5. The van der Waals surface area contributed by atoms with Gasteiger partial charge < -0.3 is 14.9 Å². The minimum Gasteiger partial charge on any atom is -0.508 e. The molecule has 0 heterocycles. The van der Waals surface area contributed by atoms with Gasteiger partial charge in [-0.05, 0) is 86.1 Å². The molecule has 0 saturated heterocycles. The molecule has 2 aromatic rings. The normalized spacial score (nSPS) is 28.4. The van der Waals surface area contributed by atoms with Crippen LogP contribution in [-0.2, 0) is 23.0 Å². The maximum Gasteiger partial charge on any atom is 0.129 e. The van der Waals surface area contributed by atoms with Gasteiger partial charge in [-0.3, -0.25) is 0 Å². The zero-order chi connectivity index (χ0) is 19.6. The van der Waals surface area contributed by atoms with Crippen molar-refractivity contribution in [1.82, 2.24) is 0 Å². The molecule has 3 atom stereocenters. The summed E-state index contributed by atoms with van der Waals surface area (Å²) in [5, 5.41) is 21.1. The summed E-state index contributed by atoms with van der Waals surface area (Å²) in [5.74, 6) is 3.67. The van der Waals surface area contributed by atoms with Crippen LogP contribution in [0.2, 0.25) is 0 Å². The first-order chi connectivity index (χ1) is 13.5. The van der Waals surface area contributed by atoms with Crippen LogP contribution in [0, 0.1) is 17.9 Å². The van der Waals surface area contributed by atoms with Crippen LogP contribution in [0.5, 0.6) is 5.75 Å². The van der Waals surface area contributed by atoms with E-state index in [1.807, 2.05) is 19.1 Å². The number of aromatic hydroxyl groups is 1. The molecule has 0 aliphatic heterocycles. The molecule has 0 aromatic heterocycles. The number of hydrogen-bond donors (Lipinski definition) is 2. The van der Waals surface area contributed by atoms with Gasteiger partial charge in [0.25, 0.3) is 0 Å². The van der Waals surface area contributed by atoms with Crippen LogP contribution in [-0.4, -0.2) is 22.4 Å². The van der Waals surface area contributed by atoms with Crippen molar-refractivity contribution < 1.29 is 14.9 Å². The second-order valence-corrected chi connectivity index (χ2v) is 8.29. The Morgan fingerprint density at radius 3 is 2.75 bits per heavy atom. The molecule has 0 spiro atoms. The highest BCUT2D eigenvalue weighted by Gasteiger charge is 2.51. The van der Waals surface area contributed by atoms with Crippen LogP contribution in [0.4, 0.5) is 0 Å². The van der Waals surface area contributed by atoms with Gasteiger partial charge in [-0.2, -0.15) is 0 Å². The van der Waals surface area contributed by atoms with Crippen LogP contribution in [0.15, 0.2) is 48.5 Å². The fourth-order valence-electron chi connectivity index (χ4n) is 5.28. The van der Waals surface area contributed by atoms with Crippen molar-refractivity contribution in [3.8, 4) is 17.8 Å². The number of aliphatic hydroxyl groups is 1. The lowest BCUT2D eigenvalue weighted by Gasteiger charge is -2.52. The highest BCUT2D eigenvalue weighted by molar-refractivity contribution is 5.45. The molecule has 4 rings (SSSR count). The van der Waals surface area contributed by atoms with E-state index < -0.39 is 5.60 Å². The first kappa shape index (κ1) is 18.9. The summed E-state index contributed by atoms with van der Waals surface area (Å²) >= 11 is 0. The second kappa shape index (κ2) is 7.53. The number of hydrogen-bond acceptors (Lipinski definition) is 3. The molecule has 0 amide bonds. The lowest BCUT2D eigenvalue weighted by Crippen LogP contribution is -2.50. The first-order valence-electron chi connectivity index (χ1n) is 10.3. The molecule has 28 heavy (non-hydrogen) atoms. The largest absolute Gasteiger partial charge is 0.508 e. The number of fused-ring (bicyclic) bond motifs is 3. The molecule has 0 radical (unpaired) electrons. The Kier molecular flexibility index (Phi) is 5.08. The molecule has 3 nitrogen and oxygen atoms in total. The SMILES string of the molecule is CCOC#C[C@@]1(O)CC[C@@]2(Cc3ccccc3)c3ccc(O)cc3CC[C@@H]2C1. The van der Waals surface area contributed by atoms with Crippen LogP contribution >= 0.6 is 0 Å². The van der Waals surface area contributed by atoms with Crippen molar-refractivity contribution in [1.29, 1.82) is 0 Å². The maximum atomic E-state index is 11.1. The predicted octanol–water partition coefficient (Wildman–Crippen LogP) is 4.35. The quantitative estimate of drug-likeness (QED) is 0.783. The molecule has 2 N–H and O–H groups in total. The monoisotopic (exact) mass is 376 g/mol. The average molecular weight is 376 g/mol. The minimum atomic E-state index is -0.978. The van der Waals surface area contributed by atoms with E-state index in [1.165, 1.54) is 16.7 Å². The van der Waals surface area contributed by atoms with Crippen LogP contribution < -0.4 is 0 Å². The van der Waals surface area contributed by atoms with Gasteiger partial charge in [0.05, 0.1) is 6.61 Å². The number of rotatable bonds is 3. The number of phenolic OH excluding ortho intramolecular Hbond substituents is 1. The van der Waals surface area contributed by atoms with E-state index >= 15 is 0 Å². The third-order valence-corrected chi connectivity index (χ3v) is 6.60. The van der Waals surface area contributed by atoms with Crippen LogP contribution in [0.1, 0.15) is 49.3 Å².